The number of amides is 1. The number of hydrogen-bond acceptors (Lipinski definition) is 2. The Labute approximate surface area is 136 Å². The summed E-state index contributed by atoms with van der Waals surface area (Å²) in [5.74, 6) is 0.152. The third-order valence-electron chi connectivity index (χ3n) is 4.21. The maximum Gasteiger partial charge on any atom is 0.410 e. The second-order valence-corrected chi connectivity index (χ2v) is 5.83. The summed E-state index contributed by atoms with van der Waals surface area (Å²) in [5.41, 5.74) is 3.31. The molecule has 0 N–H and O–H groups in total. The standard InChI is InChI=1S/C19H20NO3/c1-2-23-19(22)20-12-15(10-14-6-4-3-5-7-14)18-9-8-17(21)11-16(18)13-20/h3-9,11,15H,2,10,12-13H2,1H3. The molecule has 0 saturated heterocycles. The zero-order valence-electron chi connectivity index (χ0n) is 13.2. The molecule has 2 aromatic rings. The second kappa shape index (κ2) is 6.73. The van der Waals surface area contributed by atoms with Crippen LogP contribution in [0.25, 0.3) is 0 Å². The van der Waals surface area contributed by atoms with Gasteiger partial charge in [-0.25, -0.2) is 4.79 Å². The molecule has 0 bridgehead atoms. The maximum atomic E-state index is 12.1. The van der Waals surface area contributed by atoms with Crippen LogP contribution < -0.4 is 0 Å². The quantitative estimate of drug-likeness (QED) is 0.856. The van der Waals surface area contributed by atoms with Gasteiger partial charge in [-0.15, -0.1) is 0 Å². The van der Waals surface area contributed by atoms with E-state index in [0.717, 1.165) is 17.5 Å². The SMILES string of the molecule is CCOC(=O)N1Cc2cc([O])ccc2C(Cc2ccccc2)C1. The van der Waals surface area contributed by atoms with Crippen LogP contribution in [-0.4, -0.2) is 24.1 Å². The fourth-order valence-corrected chi connectivity index (χ4v) is 3.18. The minimum Gasteiger partial charge on any atom is -0.450 e. The van der Waals surface area contributed by atoms with Crippen molar-refractivity contribution in [3.05, 3.63) is 65.2 Å². The summed E-state index contributed by atoms with van der Waals surface area (Å²) in [6, 6.07) is 15.4. The molecule has 2 aromatic carbocycles. The molecule has 3 rings (SSSR count). The lowest BCUT2D eigenvalue weighted by molar-refractivity contribution is 0.0983. The van der Waals surface area contributed by atoms with E-state index >= 15 is 0 Å². The molecule has 119 valence electrons. The molecule has 1 amide bonds. The molecule has 1 unspecified atom stereocenters. The average molecular weight is 310 g/mol. The fraction of sp³-hybridized carbons (Fsp3) is 0.316. The Bertz CT molecular complexity index is 684. The molecular formula is C19H20NO3. The van der Waals surface area contributed by atoms with Crippen molar-refractivity contribution < 1.29 is 14.6 Å². The number of carbonyl (C=O) groups is 1. The van der Waals surface area contributed by atoms with E-state index < -0.39 is 0 Å². The van der Waals surface area contributed by atoms with Gasteiger partial charge in [-0.2, -0.15) is 0 Å². The van der Waals surface area contributed by atoms with Crippen LogP contribution in [0.3, 0.4) is 0 Å². The Morgan fingerprint density at radius 1 is 1.22 bits per heavy atom. The largest absolute Gasteiger partial charge is 0.450 e. The van der Waals surface area contributed by atoms with Crippen LogP contribution in [0, 0.1) is 0 Å². The van der Waals surface area contributed by atoms with Crippen molar-refractivity contribution in [3.8, 4) is 5.75 Å². The Hall–Kier alpha value is -2.49. The average Bonchev–Trinajstić information content (AvgIpc) is 2.55. The molecule has 0 aromatic heterocycles. The molecule has 4 nitrogen and oxygen atoms in total. The summed E-state index contributed by atoms with van der Waals surface area (Å²) < 4.78 is 5.13. The minimum atomic E-state index is -0.312. The van der Waals surface area contributed by atoms with E-state index in [4.69, 9.17) is 4.74 Å². The first kappa shape index (κ1) is 15.4. The summed E-state index contributed by atoms with van der Waals surface area (Å²) in [4.78, 5) is 13.8. The molecule has 0 saturated carbocycles. The highest BCUT2D eigenvalue weighted by Gasteiger charge is 2.29. The van der Waals surface area contributed by atoms with Crippen LogP contribution in [0.5, 0.6) is 5.75 Å². The Morgan fingerprint density at radius 2 is 2.00 bits per heavy atom. The molecule has 1 radical (unpaired) electrons. The van der Waals surface area contributed by atoms with E-state index in [0.29, 0.717) is 19.7 Å². The zero-order chi connectivity index (χ0) is 16.2. The van der Waals surface area contributed by atoms with Gasteiger partial charge < -0.3 is 9.64 Å². The molecule has 0 fully saturated rings. The molecule has 1 atom stereocenters. The Kier molecular flexibility index (Phi) is 4.51. The zero-order valence-corrected chi connectivity index (χ0v) is 13.2. The van der Waals surface area contributed by atoms with E-state index in [1.165, 1.54) is 5.56 Å². The third kappa shape index (κ3) is 3.47. The maximum absolute atomic E-state index is 12.1. The van der Waals surface area contributed by atoms with Crippen molar-refractivity contribution in [2.45, 2.75) is 25.8 Å². The van der Waals surface area contributed by atoms with Crippen molar-refractivity contribution in [1.29, 1.82) is 0 Å². The topological polar surface area (TPSA) is 49.4 Å². The first-order chi connectivity index (χ1) is 11.2. The van der Waals surface area contributed by atoms with Crippen LogP contribution in [-0.2, 0) is 22.8 Å². The van der Waals surface area contributed by atoms with Gasteiger partial charge in [-0.1, -0.05) is 36.4 Å². The predicted octanol–water partition coefficient (Wildman–Crippen LogP) is 4.13. The van der Waals surface area contributed by atoms with Gasteiger partial charge in [0.25, 0.3) is 0 Å². The summed E-state index contributed by atoms with van der Waals surface area (Å²) in [6.45, 7) is 3.20. The first-order valence-electron chi connectivity index (χ1n) is 7.93. The summed E-state index contributed by atoms with van der Waals surface area (Å²) in [6.07, 6.45) is 0.523. The monoisotopic (exact) mass is 310 g/mol. The first-order valence-corrected chi connectivity index (χ1v) is 7.93. The van der Waals surface area contributed by atoms with Gasteiger partial charge in [-0.05, 0) is 42.2 Å². The van der Waals surface area contributed by atoms with Gasteiger partial charge in [0.2, 0.25) is 0 Å². The number of carbonyl (C=O) groups excluding carboxylic acids is 1. The predicted molar refractivity (Wildman–Crippen MR) is 86.9 cm³/mol. The molecular weight excluding hydrogens is 290 g/mol. The van der Waals surface area contributed by atoms with Gasteiger partial charge in [-0.3, -0.25) is 5.11 Å². The normalized spacial score (nSPS) is 16.7. The summed E-state index contributed by atoms with van der Waals surface area (Å²) in [5, 5.41) is 11.7. The third-order valence-corrected chi connectivity index (χ3v) is 4.21. The number of fused-ring (bicyclic) bond motifs is 1. The Balaban J connectivity index is 1.89. The van der Waals surface area contributed by atoms with E-state index in [9.17, 15) is 9.90 Å². The van der Waals surface area contributed by atoms with E-state index in [1.807, 2.05) is 24.3 Å². The molecule has 4 heteroatoms. The van der Waals surface area contributed by atoms with Crippen LogP contribution >= 0.6 is 0 Å². The van der Waals surface area contributed by atoms with Crippen molar-refractivity contribution in [3.63, 3.8) is 0 Å². The van der Waals surface area contributed by atoms with E-state index in [2.05, 4.69) is 12.1 Å². The molecule has 1 aliphatic heterocycles. The molecule has 0 spiro atoms. The van der Waals surface area contributed by atoms with Crippen LogP contribution in [0.15, 0.2) is 48.5 Å². The van der Waals surface area contributed by atoms with Crippen molar-refractivity contribution in [2.75, 3.05) is 13.2 Å². The minimum absolute atomic E-state index is 0.0204. The van der Waals surface area contributed by atoms with Crippen molar-refractivity contribution in [2.24, 2.45) is 0 Å². The fourth-order valence-electron chi connectivity index (χ4n) is 3.18. The number of ether oxygens (including phenoxy) is 1. The van der Waals surface area contributed by atoms with E-state index in [-0.39, 0.29) is 17.8 Å². The van der Waals surface area contributed by atoms with Crippen molar-refractivity contribution in [1.82, 2.24) is 4.90 Å². The highest BCUT2D eigenvalue weighted by atomic mass is 16.6. The molecule has 23 heavy (non-hydrogen) atoms. The number of hydrogen-bond donors (Lipinski definition) is 0. The highest BCUT2D eigenvalue weighted by molar-refractivity contribution is 5.68. The lowest BCUT2D eigenvalue weighted by Gasteiger charge is -2.34. The Morgan fingerprint density at radius 3 is 2.74 bits per heavy atom. The van der Waals surface area contributed by atoms with E-state index in [1.54, 1.807) is 24.0 Å². The number of benzene rings is 2. The van der Waals surface area contributed by atoms with Gasteiger partial charge in [0.05, 0.1) is 6.61 Å². The molecule has 1 heterocycles. The van der Waals surface area contributed by atoms with Crippen LogP contribution in [0.4, 0.5) is 4.79 Å². The van der Waals surface area contributed by atoms with Crippen molar-refractivity contribution >= 4 is 6.09 Å². The van der Waals surface area contributed by atoms with Crippen LogP contribution in [0.2, 0.25) is 0 Å². The number of nitrogens with zero attached hydrogens (tertiary/aromatic N) is 1. The lowest BCUT2D eigenvalue weighted by atomic mass is 9.85. The second-order valence-electron chi connectivity index (χ2n) is 5.83. The van der Waals surface area contributed by atoms with Gasteiger partial charge in [0, 0.05) is 19.0 Å². The molecule has 0 aliphatic carbocycles. The summed E-state index contributed by atoms with van der Waals surface area (Å²) >= 11 is 0. The van der Waals surface area contributed by atoms with Gasteiger partial charge in [0.15, 0.2) is 5.75 Å². The van der Waals surface area contributed by atoms with Gasteiger partial charge >= 0.3 is 6.09 Å². The summed E-state index contributed by atoms with van der Waals surface area (Å²) in [7, 11) is 0. The lowest BCUT2D eigenvalue weighted by Crippen LogP contribution is -2.39. The van der Waals surface area contributed by atoms with Gasteiger partial charge in [0.1, 0.15) is 0 Å². The number of rotatable bonds is 3. The van der Waals surface area contributed by atoms with Crippen LogP contribution in [0.1, 0.15) is 29.5 Å². The highest BCUT2D eigenvalue weighted by Crippen LogP contribution is 2.33. The smallest absolute Gasteiger partial charge is 0.410 e. The molecule has 1 aliphatic rings.